The van der Waals surface area contributed by atoms with E-state index in [0.717, 1.165) is 40.4 Å². The summed E-state index contributed by atoms with van der Waals surface area (Å²) in [5.41, 5.74) is 4.33. The second kappa shape index (κ2) is 9.53. The van der Waals surface area contributed by atoms with Gasteiger partial charge in [0, 0.05) is 24.2 Å². The number of rotatable bonds is 6. The van der Waals surface area contributed by atoms with E-state index in [2.05, 4.69) is 43.2 Å². The molecular formula is C28H35N3O3. The van der Waals surface area contributed by atoms with Gasteiger partial charge in [-0.25, -0.2) is 0 Å². The Balaban J connectivity index is 1.87. The first-order valence-electron chi connectivity index (χ1n) is 12.0. The van der Waals surface area contributed by atoms with Crippen molar-refractivity contribution in [1.82, 2.24) is 5.32 Å². The first kappa shape index (κ1) is 23.9. The minimum Gasteiger partial charge on any atom is -0.497 e. The van der Waals surface area contributed by atoms with Gasteiger partial charge in [0.25, 0.3) is 0 Å². The Morgan fingerprint density at radius 2 is 1.85 bits per heavy atom. The smallest absolute Gasteiger partial charge is 0.239 e. The van der Waals surface area contributed by atoms with Crippen molar-refractivity contribution in [1.29, 1.82) is 0 Å². The number of carbonyl (C=O) groups excluding carboxylic acids is 2. The van der Waals surface area contributed by atoms with Crippen LogP contribution in [0.3, 0.4) is 0 Å². The molecule has 0 unspecified atom stereocenters. The van der Waals surface area contributed by atoms with Crippen molar-refractivity contribution in [2.75, 3.05) is 30.4 Å². The van der Waals surface area contributed by atoms with Gasteiger partial charge in [0.2, 0.25) is 5.91 Å². The lowest BCUT2D eigenvalue weighted by atomic mass is 9.73. The number of Topliss-reactive ketones (excluding diaryl/α,β-unsaturated/α-hetero) is 1. The van der Waals surface area contributed by atoms with Gasteiger partial charge in [0.05, 0.1) is 31.1 Å². The molecule has 1 heterocycles. The van der Waals surface area contributed by atoms with Crippen molar-refractivity contribution in [2.24, 2.45) is 11.3 Å². The topological polar surface area (TPSA) is 70.7 Å². The van der Waals surface area contributed by atoms with Crippen LogP contribution in [0.1, 0.15) is 52.1 Å². The van der Waals surface area contributed by atoms with E-state index in [1.165, 1.54) is 0 Å². The molecular weight excluding hydrogens is 426 g/mol. The molecule has 0 saturated heterocycles. The first-order valence-corrected chi connectivity index (χ1v) is 12.0. The number of allylic oxidation sites excluding steroid dienone is 1. The molecule has 2 N–H and O–H groups in total. The fraction of sp³-hybridized carbons (Fsp3) is 0.429. The Morgan fingerprint density at radius 1 is 1.15 bits per heavy atom. The van der Waals surface area contributed by atoms with Gasteiger partial charge in [0.1, 0.15) is 5.75 Å². The highest BCUT2D eigenvalue weighted by Crippen LogP contribution is 2.48. The number of hydrogen-bond donors (Lipinski definition) is 2. The number of carbonyl (C=O) groups is 2. The van der Waals surface area contributed by atoms with E-state index >= 15 is 0 Å². The van der Waals surface area contributed by atoms with Gasteiger partial charge in [0.15, 0.2) is 5.78 Å². The number of para-hydroxylation sites is 2. The third-order valence-electron chi connectivity index (χ3n) is 6.46. The number of anilines is 2. The normalized spacial score (nSPS) is 19.2. The largest absolute Gasteiger partial charge is 0.497 e. The average Bonchev–Trinajstić information content (AvgIpc) is 2.91. The monoisotopic (exact) mass is 461 g/mol. The number of fused-ring (bicyclic) bond motifs is 1. The lowest BCUT2D eigenvalue weighted by Crippen LogP contribution is -2.42. The molecule has 34 heavy (non-hydrogen) atoms. The van der Waals surface area contributed by atoms with Crippen LogP contribution in [0.4, 0.5) is 11.4 Å². The molecule has 2 aromatic rings. The quantitative estimate of drug-likeness (QED) is 0.628. The molecule has 0 fully saturated rings. The summed E-state index contributed by atoms with van der Waals surface area (Å²) in [5, 5.41) is 6.63. The van der Waals surface area contributed by atoms with Gasteiger partial charge in [-0.2, -0.15) is 0 Å². The van der Waals surface area contributed by atoms with E-state index in [4.69, 9.17) is 4.74 Å². The molecule has 6 nitrogen and oxygen atoms in total. The van der Waals surface area contributed by atoms with Gasteiger partial charge in [-0.3, -0.25) is 9.59 Å². The number of methoxy groups -OCH3 is 1. The van der Waals surface area contributed by atoms with Crippen molar-refractivity contribution in [2.45, 2.75) is 46.6 Å². The third kappa shape index (κ3) is 4.96. The van der Waals surface area contributed by atoms with E-state index in [9.17, 15) is 9.59 Å². The van der Waals surface area contributed by atoms with E-state index in [0.29, 0.717) is 18.9 Å². The van der Waals surface area contributed by atoms with Crippen molar-refractivity contribution < 1.29 is 14.3 Å². The molecule has 2 aromatic carbocycles. The summed E-state index contributed by atoms with van der Waals surface area (Å²) in [6.07, 6.45) is 1.24. The molecule has 2 aliphatic rings. The third-order valence-corrected chi connectivity index (χ3v) is 6.46. The number of benzene rings is 2. The Kier molecular flexibility index (Phi) is 6.69. The molecule has 0 bridgehead atoms. The maximum absolute atomic E-state index is 13.7. The first-order chi connectivity index (χ1) is 16.2. The van der Waals surface area contributed by atoms with Crippen molar-refractivity contribution in [3.05, 3.63) is 65.4 Å². The van der Waals surface area contributed by atoms with E-state index in [1.807, 2.05) is 48.5 Å². The van der Waals surface area contributed by atoms with E-state index < -0.39 is 0 Å². The summed E-state index contributed by atoms with van der Waals surface area (Å²) in [6, 6.07) is 15.4. The van der Waals surface area contributed by atoms with Crippen LogP contribution >= 0.6 is 0 Å². The van der Waals surface area contributed by atoms with Crippen molar-refractivity contribution in [3.8, 4) is 5.75 Å². The van der Waals surface area contributed by atoms with Crippen LogP contribution in [-0.2, 0) is 9.59 Å². The van der Waals surface area contributed by atoms with Crippen molar-refractivity contribution >= 4 is 23.1 Å². The maximum atomic E-state index is 13.7. The van der Waals surface area contributed by atoms with Crippen LogP contribution in [0.5, 0.6) is 5.75 Å². The van der Waals surface area contributed by atoms with E-state index in [1.54, 1.807) is 7.11 Å². The fourth-order valence-corrected chi connectivity index (χ4v) is 4.89. The molecule has 1 atom stereocenters. The molecule has 0 aromatic heterocycles. The predicted octanol–water partition coefficient (Wildman–Crippen LogP) is 5.08. The van der Waals surface area contributed by atoms with Gasteiger partial charge in [-0.05, 0) is 47.6 Å². The van der Waals surface area contributed by atoms with Crippen LogP contribution in [0.2, 0.25) is 0 Å². The Labute approximate surface area is 202 Å². The highest BCUT2D eigenvalue weighted by atomic mass is 16.5. The number of nitrogens with zero attached hydrogens (tertiary/aromatic N) is 1. The summed E-state index contributed by atoms with van der Waals surface area (Å²) in [4.78, 5) is 28.8. The number of ether oxygens (including phenoxy) is 1. The maximum Gasteiger partial charge on any atom is 0.239 e. The zero-order valence-corrected chi connectivity index (χ0v) is 20.8. The highest BCUT2D eigenvalue weighted by molar-refractivity contribution is 6.01. The number of nitrogens with one attached hydrogen (secondary N) is 2. The van der Waals surface area contributed by atoms with Gasteiger partial charge in [-0.1, -0.05) is 52.0 Å². The SMILES string of the molecule is COc1ccc([C@@H]2C3=C(CC(C)(C)CC3=O)Nc3ccccc3N2CC(=O)NCC(C)C)cc1. The summed E-state index contributed by atoms with van der Waals surface area (Å²) in [6.45, 7) is 9.17. The lowest BCUT2D eigenvalue weighted by molar-refractivity contribution is -0.120. The molecule has 0 spiro atoms. The van der Waals surface area contributed by atoms with Gasteiger partial charge < -0.3 is 20.3 Å². The summed E-state index contributed by atoms with van der Waals surface area (Å²) < 4.78 is 5.37. The van der Waals surface area contributed by atoms with E-state index in [-0.39, 0.29) is 29.7 Å². The zero-order valence-electron chi connectivity index (χ0n) is 20.8. The Bertz CT molecular complexity index is 1100. The average molecular weight is 462 g/mol. The fourth-order valence-electron chi connectivity index (χ4n) is 4.89. The molecule has 6 heteroatoms. The van der Waals surface area contributed by atoms with Crippen LogP contribution < -0.4 is 20.3 Å². The molecule has 4 rings (SSSR count). The molecule has 1 aliphatic carbocycles. The molecule has 1 amide bonds. The highest BCUT2D eigenvalue weighted by Gasteiger charge is 2.41. The van der Waals surface area contributed by atoms with Gasteiger partial charge >= 0.3 is 0 Å². The van der Waals surface area contributed by atoms with Gasteiger partial charge in [-0.15, -0.1) is 0 Å². The summed E-state index contributed by atoms with van der Waals surface area (Å²) in [7, 11) is 1.64. The second-order valence-electron chi connectivity index (χ2n) is 10.5. The molecule has 180 valence electrons. The van der Waals surface area contributed by atoms with Crippen LogP contribution in [0, 0.1) is 11.3 Å². The predicted molar refractivity (Wildman–Crippen MR) is 136 cm³/mol. The standard InChI is InChI=1S/C28H35N3O3/c1-18(2)16-29-25(33)17-31-23-9-7-6-8-21(23)30-22-14-28(3,4)15-24(32)26(22)27(31)19-10-12-20(34-5)13-11-19/h6-13,18,27,30H,14-17H2,1-5H3,(H,29,33)/t27-/m1/s1. The number of amides is 1. The van der Waals surface area contributed by atoms with Crippen LogP contribution in [0.25, 0.3) is 0 Å². The Hall–Kier alpha value is -3.28. The minimum absolute atomic E-state index is 0.0605. The Morgan fingerprint density at radius 3 is 2.53 bits per heavy atom. The zero-order chi connectivity index (χ0) is 24.5. The minimum atomic E-state index is -0.384. The summed E-state index contributed by atoms with van der Waals surface area (Å²) in [5.74, 6) is 1.17. The van der Waals surface area contributed by atoms with Crippen LogP contribution in [-0.4, -0.2) is 31.9 Å². The number of ketones is 1. The molecule has 0 radical (unpaired) electrons. The summed E-state index contributed by atoms with van der Waals surface area (Å²) >= 11 is 0. The molecule has 0 saturated carbocycles. The second-order valence-corrected chi connectivity index (χ2v) is 10.5. The molecule has 1 aliphatic heterocycles. The lowest BCUT2D eigenvalue weighted by Gasteiger charge is -2.38. The number of hydrogen-bond acceptors (Lipinski definition) is 5. The van der Waals surface area contributed by atoms with Crippen LogP contribution in [0.15, 0.2) is 59.8 Å². The van der Waals surface area contributed by atoms with Crippen molar-refractivity contribution in [3.63, 3.8) is 0 Å².